The largest absolute Gasteiger partial charge is 0.348 e. The van der Waals surface area contributed by atoms with E-state index in [1.54, 1.807) is 18.5 Å². The van der Waals surface area contributed by atoms with Gasteiger partial charge in [-0.15, -0.1) is 0 Å². The predicted molar refractivity (Wildman–Crippen MR) is 120 cm³/mol. The van der Waals surface area contributed by atoms with Crippen molar-refractivity contribution in [2.24, 2.45) is 23.0 Å². The summed E-state index contributed by atoms with van der Waals surface area (Å²) in [6, 6.07) is 5.19. The molecular formula is C22H29FN6O2. The molecule has 0 saturated carbocycles. The van der Waals surface area contributed by atoms with Crippen LogP contribution in [0.15, 0.2) is 46.2 Å². The molecule has 1 aromatic heterocycles. The van der Waals surface area contributed by atoms with Gasteiger partial charge in [0.05, 0.1) is 5.52 Å². The summed E-state index contributed by atoms with van der Waals surface area (Å²) in [7, 11) is 1.87. The third-order valence-electron chi connectivity index (χ3n) is 5.66. The molecule has 0 spiro atoms. The van der Waals surface area contributed by atoms with Gasteiger partial charge < -0.3 is 14.8 Å². The minimum absolute atomic E-state index is 0.200. The number of carbonyl (C=O) groups excluding carboxylic acids is 1. The van der Waals surface area contributed by atoms with Crippen LogP contribution in [0, 0.1) is 11.7 Å². The van der Waals surface area contributed by atoms with Crippen LogP contribution in [0.25, 0.3) is 10.9 Å². The molecule has 1 aromatic carbocycles. The average molecular weight is 429 g/mol. The number of guanidine groups is 1. The zero-order valence-corrected chi connectivity index (χ0v) is 17.9. The number of likely N-dealkylation sites (tertiary alicyclic amines) is 1. The summed E-state index contributed by atoms with van der Waals surface area (Å²) in [6.45, 7) is 8.29. The van der Waals surface area contributed by atoms with Crippen molar-refractivity contribution in [2.75, 3.05) is 19.6 Å². The number of hydrogen-bond acceptors (Lipinski definition) is 4. The van der Waals surface area contributed by atoms with E-state index < -0.39 is 5.91 Å². The number of nitrogens with one attached hydrogen (secondary N) is 2. The third-order valence-corrected chi connectivity index (χ3v) is 5.66. The molecule has 1 aliphatic heterocycles. The molecule has 1 aliphatic rings. The number of aromatic nitrogens is 1. The molecule has 2 aromatic rings. The molecule has 31 heavy (non-hydrogen) atoms. The number of piperidine rings is 1. The second-order valence-corrected chi connectivity index (χ2v) is 7.80. The van der Waals surface area contributed by atoms with Crippen LogP contribution in [0.1, 0.15) is 25.3 Å². The van der Waals surface area contributed by atoms with Gasteiger partial charge in [-0.25, -0.2) is 19.9 Å². The van der Waals surface area contributed by atoms with Crippen LogP contribution in [0.2, 0.25) is 0 Å². The molecule has 0 aliphatic carbocycles. The smallest absolute Gasteiger partial charge is 0.271 e. The first-order valence-corrected chi connectivity index (χ1v) is 10.3. The highest BCUT2D eigenvalue weighted by atomic mass is 19.1. The predicted octanol–water partition coefficient (Wildman–Crippen LogP) is 2.58. The van der Waals surface area contributed by atoms with E-state index in [0.717, 1.165) is 43.4 Å². The summed E-state index contributed by atoms with van der Waals surface area (Å²) in [6.07, 6.45) is 5.31. The molecule has 0 radical (unpaired) electrons. The SMILES string of the molecule is C=NC(=N/C=C(\C)C(=O)NO)N1CCC(CNCc2cn(C)c3c(F)cccc23)CC1. The van der Waals surface area contributed by atoms with Crippen LogP contribution in [-0.2, 0) is 18.4 Å². The van der Waals surface area contributed by atoms with Crippen molar-refractivity contribution in [3.63, 3.8) is 0 Å². The second-order valence-electron chi connectivity index (χ2n) is 7.80. The Morgan fingerprint density at radius 3 is 2.81 bits per heavy atom. The number of benzene rings is 1. The van der Waals surface area contributed by atoms with Crippen molar-refractivity contribution >= 4 is 29.5 Å². The van der Waals surface area contributed by atoms with Crippen LogP contribution in [0.3, 0.4) is 0 Å². The molecule has 9 heteroatoms. The number of nitrogens with zero attached hydrogens (tertiary/aromatic N) is 4. The molecule has 1 fully saturated rings. The third kappa shape index (κ3) is 5.36. The Kier molecular flexibility index (Phi) is 7.54. The summed E-state index contributed by atoms with van der Waals surface area (Å²) >= 11 is 0. The van der Waals surface area contributed by atoms with E-state index in [1.165, 1.54) is 12.3 Å². The Balaban J connectivity index is 1.51. The van der Waals surface area contributed by atoms with Gasteiger partial charge in [0.25, 0.3) is 5.91 Å². The first-order valence-electron chi connectivity index (χ1n) is 10.3. The number of rotatable bonds is 6. The standard InChI is InChI=1S/C22H29FN6O2/c1-15(21(30)27-31)11-26-22(24-2)29-9-7-16(8-10-29)12-25-13-17-14-28(3)20-18(17)5-4-6-19(20)23/h4-6,11,14,16,25,31H,2,7-10,12-13H2,1,3H3,(H,27,30)/b15-11+,26-22?. The first-order chi connectivity index (χ1) is 14.9. The number of aliphatic imine (C=N–C) groups is 2. The van der Waals surface area contributed by atoms with Crippen molar-refractivity contribution in [1.82, 2.24) is 20.3 Å². The number of hydrogen-bond donors (Lipinski definition) is 3. The molecule has 0 atom stereocenters. The minimum atomic E-state index is -0.606. The van der Waals surface area contributed by atoms with Crippen molar-refractivity contribution in [3.8, 4) is 0 Å². The minimum Gasteiger partial charge on any atom is -0.348 e. The topological polar surface area (TPSA) is 94.2 Å². The van der Waals surface area contributed by atoms with Gasteiger partial charge in [-0.2, -0.15) is 0 Å². The highest BCUT2D eigenvalue weighted by molar-refractivity contribution is 5.92. The molecule has 1 saturated heterocycles. The Morgan fingerprint density at radius 2 is 2.13 bits per heavy atom. The van der Waals surface area contributed by atoms with Gasteiger partial charge in [-0.05, 0) is 50.6 Å². The van der Waals surface area contributed by atoms with Gasteiger partial charge in [-0.3, -0.25) is 10.0 Å². The quantitative estimate of drug-likeness (QED) is 0.217. The molecular weight excluding hydrogens is 399 g/mol. The van der Waals surface area contributed by atoms with Crippen LogP contribution < -0.4 is 10.8 Å². The van der Waals surface area contributed by atoms with E-state index in [9.17, 15) is 9.18 Å². The van der Waals surface area contributed by atoms with Crippen LogP contribution in [0.4, 0.5) is 4.39 Å². The van der Waals surface area contributed by atoms with E-state index >= 15 is 0 Å². The molecule has 166 valence electrons. The van der Waals surface area contributed by atoms with Crippen LogP contribution in [0.5, 0.6) is 0 Å². The number of amides is 1. The number of halogens is 1. The highest BCUT2D eigenvalue weighted by Crippen LogP contribution is 2.23. The lowest BCUT2D eigenvalue weighted by atomic mass is 9.97. The Labute approximate surface area is 181 Å². The molecule has 0 unspecified atom stereocenters. The zero-order valence-electron chi connectivity index (χ0n) is 17.9. The van der Waals surface area contributed by atoms with Gasteiger partial charge in [0.2, 0.25) is 5.96 Å². The molecule has 2 heterocycles. The molecule has 0 bridgehead atoms. The van der Waals surface area contributed by atoms with Crippen molar-refractivity contribution < 1.29 is 14.4 Å². The summed E-state index contributed by atoms with van der Waals surface area (Å²) in [5.41, 5.74) is 3.58. The average Bonchev–Trinajstić information content (AvgIpc) is 3.11. The van der Waals surface area contributed by atoms with Crippen LogP contribution in [-0.4, -0.2) is 52.9 Å². The van der Waals surface area contributed by atoms with Crippen LogP contribution >= 0.6 is 0 Å². The fourth-order valence-corrected chi connectivity index (χ4v) is 3.91. The first kappa shape index (κ1) is 22.6. The monoisotopic (exact) mass is 428 g/mol. The summed E-state index contributed by atoms with van der Waals surface area (Å²) < 4.78 is 15.9. The number of hydroxylamine groups is 1. The second kappa shape index (κ2) is 10.3. The number of carbonyl (C=O) groups is 1. The van der Waals surface area contributed by atoms with E-state index in [4.69, 9.17) is 5.21 Å². The lowest BCUT2D eigenvalue weighted by Crippen LogP contribution is -2.40. The zero-order chi connectivity index (χ0) is 22.4. The van der Waals surface area contributed by atoms with Gasteiger partial charge >= 0.3 is 0 Å². The Bertz CT molecular complexity index is 1000. The molecule has 3 rings (SSSR count). The maximum absolute atomic E-state index is 14.1. The maximum Gasteiger partial charge on any atom is 0.271 e. The number of aryl methyl sites for hydroxylation is 1. The highest BCUT2D eigenvalue weighted by Gasteiger charge is 2.21. The Hall–Kier alpha value is -3.04. The Morgan fingerprint density at radius 1 is 1.39 bits per heavy atom. The summed E-state index contributed by atoms with van der Waals surface area (Å²) in [5, 5.41) is 13.1. The van der Waals surface area contributed by atoms with Gasteiger partial charge in [0.1, 0.15) is 5.82 Å². The van der Waals surface area contributed by atoms with Crippen molar-refractivity contribution in [2.45, 2.75) is 26.3 Å². The van der Waals surface area contributed by atoms with Gasteiger partial charge in [-0.1, -0.05) is 12.1 Å². The van der Waals surface area contributed by atoms with Crippen molar-refractivity contribution in [3.05, 3.63) is 47.5 Å². The summed E-state index contributed by atoms with van der Waals surface area (Å²) in [5.74, 6) is 0.181. The fraction of sp³-hybridized carbons (Fsp3) is 0.409. The molecule has 3 N–H and O–H groups in total. The van der Waals surface area contributed by atoms with Gasteiger partial charge in [0.15, 0.2) is 0 Å². The number of para-hydroxylation sites is 1. The van der Waals surface area contributed by atoms with Gasteiger partial charge in [0, 0.05) is 50.0 Å². The van der Waals surface area contributed by atoms with Crippen molar-refractivity contribution in [1.29, 1.82) is 0 Å². The normalized spacial score (nSPS) is 16.1. The number of fused-ring (bicyclic) bond motifs is 1. The maximum atomic E-state index is 14.1. The molecule has 8 nitrogen and oxygen atoms in total. The summed E-state index contributed by atoms with van der Waals surface area (Å²) in [4.78, 5) is 21.6. The lowest BCUT2D eigenvalue weighted by molar-refractivity contribution is -0.125. The van der Waals surface area contributed by atoms with E-state index in [0.29, 0.717) is 23.9 Å². The molecule has 1 amide bonds. The lowest BCUT2D eigenvalue weighted by Gasteiger charge is -2.32. The van der Waals surface area contributed by atoms with E-state index in [1.807, 2.05) is 28.8 Å². The van der Waals surface area contributed by atoms with E-state index in [-0.39, 0.29) is 11.4 Å². The van der Waals surface area contributed by atoms with E-state index in [2.05, 4.69) is 22.0 Å². The fourth-order valence-electron chi connectivity index (χ4n) is 3.91.